The first-order valence-corrected chi connectivity index (χ1v) is 11.9. The summed E-state index contributed by atoms with van der Waals surface area (Å²) in [6.45, 7) is 6.47. The van der Waals surface area contributed by atoms with Crippen LogP contribution in [0.2, 0.25) is 0 Å². The Morgan fingerprint density at radius 3 is 2.60 bits per heavy atom. The first kappa shape index (κ1) is 24.4. The number of rotatable bonds is 7. The van der Waals surface area contributed by atoms with E-state index >= 15 is 0 Å². The maximum atomic E-state index is 11.9. The fourth-order valence-corrected chi connectivity index (χ4v) is 4.18. The number of hydrogen-bond donors (Lipinski definition) is 0. The predicted molar refractivity (Wildman–Crippen MR) is 133 cm³/mol. The number of benzene rings is 2. The van der Waals surface area contributed by atoms with E-state index in [2.05, 4.69) is 33.2 Å². The fourth-order valence-electron chi connectivity index (χ4n) is 4.18. The van der Waals surface area contributed by atoms with Crippen molar-refractivity contribution in [2.45, 2.75) is 39.2 Å². The highest BCUT2D eigenvalue weighted by Crippen LogP contribution is 2.29. The molecule has 182 valence electrons. The molecule has 0 saturated carbocycles. The summed E-state index contributed by atoms with van der Waals surface area (Å²) in [5.74, 6) is 1.57. The van der Waals surface area contributed by atoms with E-state index in [1.807, 2.05) is 26.0 Å². The molecule has 8 nitrogen and oxygen atoms in total. The van der Waals surface area contributed by atoms with Crippen molar-refractivity contribution in [3.05, 3.63) is 53.1 Å². The van der Waals surface area contributed by atoms with Crippen molar-refractivity contribution in [2.24, 2.45) is 0 Å². The molecular formula is C27H31N5O3. The van der Waals surface area contributed by atoms with Crippen LogP contribution in [0.3, 0.4) is 0 Å². The van der Waals surface area contributed by atoms with E-state index < -0.39 is 0 Å². The molecule has 8 heteroatoms. The van der Waals surface area contributed by atoms with Gasteiger partial charge in [0.15, 0.2) is 0 Å². The van der Waals surface area contributed by atoms with Crippen LogP contribution in [-0.4, -0.2) is 65.7 Å². The van der Waals surface area contributed by atoms with Gasteiger partial charge < -0.3 is 19.1 Å². The minimum atomic E-state index is -0.0243. The van der Waals surface area contributed by atoms with E-state index in [9.17, 15) is 10.1 Å². The molecule has 0 radical (unpaired) electrons. The summed E-state index contributed by atoms with van der Waals surface area (Å²) < 4.78 is 11.2. The van der Waals surface area contributed by atoms with Crippen LogP contribution in [0.4, 0.5) is 0 Å². The van der Waals surface area contributed by atoms with Crippen LogP contribution < -0.4 is 4.74 Å². The van der Waals surface area contributed by atoms with Gasteiger partial charge in [-0.1, -0.05) is 17.3 Å². The first-order valence-electron chi connectivity index (χ1n) is 11.9. The molecule has 2 aromatic carbocycles. The quantitative estimate of drug-likeness (QED) is 0.513. The highest BCUT2D eigenvalue weighted by Gasteiger charge is 2.18. The van der Waals surface area contributed by atoms with Crippen LogP contribution in [-0.2, 0) is 17.6 Å². The molecule has 1 aliphatic heterocycles. The van der Waals surface area contributed by atoms with Crippen LogP contribution in [0.1, 0.15) is 37.0 Å². The van der Waals surface area contributed by atoms with Crippen molar-refractivity contribution >= 4 is 5.91 Å². The molecule has 0 spiro atoms. The Labute approximate surface area is 206 Å². The topological polar surface area (TPSA) is 95.5 Å². The van der Waals surface area contributed by atoms with E-state index in [1.165, 1.54) is 11.1 Å². The Morgan fingerprint density at radius 2 is 1.89 bits per heavy atom. The molecule has 0 fully saturated rings. The first-order chi connectivity index (χ1) is 16.8. The van der Waals surface area contributed by atoms with E-state index in [0.29, 0.717) is 35.0 Å². The summed E-state index contributed by atoms with van der Waals surface area (Å²) in [6.07, 6.45) is 2.37. The van der Waals surface area contributed by atoms with Gasteiger partial charge >= 0.3 is 0 Å². The van der Waals surface area contributed by atoms with Crippen molar-refractivity contribution in [3.63, 3.8) is 0 Å². The van der Waals surface area contributed by atoms with E-state index in [0.717, 1.165) is 38.0 Å². The van der Waals surface area contributed by atoms with Gasteiger partial charge in [0.2, 0.25) is 11.7 Å². The summed E-state index contributed by atoms with van der Waals surface area (Å²) in [4.78, 5) is 20.5. The lowest BCUT2D eigenvalue weighted by atomic mass is 10.00. The Morgan fingerprint density at radius 1 is 1.14 bits per heavy atom. The minimum absolute atomic E-state index is 0.0243. The van der Waals surface area contributed by atoms with Crippen LogP contribution in [0.5, 0.6) is 5.75 Å². The lowest BCUT2D eigenvalue weighted by Crippen LogP contribution is -2.32. The number of nitrogens with zero attached hydrogens (tertiary/aromatic N) is 5. The standard InChI is InChI=1S/C27H31N5O3/c1-18(2)34-24-8-7-22(16-23(24)17-28)27-29-26(30-35-27)21-6-5-19-9-12-32(13-10-20(19)15-21)14-11-25(33)31(3)4/h5-8,15-16,18H,9-14H2,1-4H3. The number of aromatic nitrogens is 2. The molecule has 1 aromatic heterocycles. The zero-order valence-corrected chi connectivity index (χ0v) is 20.7. The summed E-state index contributed by atoms with van der Waals surface area (Å²) in [5.41, 5.74) is 4.60. The fraction of sp³-hybridized carbons (Fsp3) is 0.407. The van der Waals surface area contributed by atoms with Gasteiger partial charge in [-0.15, -0.1) is 0 Å². The second-order valence-electron chi connectivity index (χ2n) is 9.28. The third-order valence-corrected chi connectivity index (χ3v) is 6.14. The van der Waals surface area contributed by atoms with Gasteiger partial charge in [-0.3, -0.25) is 4.79 Å². The largest absolute Gasteiger partial charge is 0.490 e. The SMILES string of the molecule is CC(C)Oc1ccc(-c2nc(-c3ccc4c(c3)CCN(CCC(=O)N(C)C)CC4)no2)cc1C#N. The number of nitriles is 1. The van der Waals surface area contributed by atoms with Gasteiger partial charge in [0, 0.05) is 51.3 Å². The van der Waals surface area contributed by atoms with Gasteiger partial charge in [-0.25, -0.2) is 0 Å². The molecule has 1 aliphatic rings. The number of carbonyl (C=O) groups excluding carboxylic acids is 1. The number of hydrogen-bond acceptors (Lipinski definition) is 7. The Hall–Kier alpha value is -3.70. The number of fused-ring (bicyclic) bond motifs is 1. The van der Waals surface area contributed by atoms with E-state index in [-0.39, 0.29) is 12.0 Å². The lowest BCUT2D eigenvalue weighted by Gasteiger charge is -2.20. The monoisotopic (exact) mass is 473 g/mol. The molecule has 0 bridgehead atoms. The number of amides is 1. The van der Waals surface area contributed by atoms with Crippen molar-refractivity contribution in [1.82, 2.24) is 19.9 Å². The average Bonchev–Trinajstić information content (AvgIpc) is 3.24. The highest BCUT2D eigenvalue weighted by molar-refractivity contribution is 5.75. The van der Waals surface area contributed by atoms with Gasteiger partial charge in [-0.05, 0) is 62.1 Å². The molecular weight excluding hydrogens is 442 g/mol. The highest BCUT2D eigenvalue weighted by atomic mass is 16.5. The van der Waals surface area contributed by atoms with E-state index in [4.69, 9.17) is 9.26 Å². The van der Waals surface area contributed by atoms with Crippen LogP contribution >= 0.6 is 0 Å². The van der Waals surface area contributed by atoms with Gasteiger partial charge in [0.25, 0.3) is 5.89 Å². The van der Waals surface area contributed by atoms with Gasteiger partial charge in [-0.2, -0.15) is 10.2 Å². The zero-order valence-electron chi connectivity index (χ0n) is 20.7. The maximum absolute atomic E-state index is 11.9. The molecule has 0 unspecified atom stereocenters. The Bertz CT molecular complexity index is 1240. The van der Waals surface area contributed by atoms with Crippen molar-refractivity contribution in [2.75, 3.05) is 33.7 Å². The molecule has 0 atom stereocenters. The molecule has 0 aliphatic carbocycles. The predicted octanol–water partition coefficient (Wildman–Crippen LogP) is 3.94. The summed E-state index contributed by atoms with van der Waals surface area (Å²) in [7, 11) is 3.59. The second kappa shape index (κ2) is 10.7. The molecule has 0 saturated heterocycles. The Balaban J connectivity index is 1.48. The average molecular weight is 474 g/mol. The van der Waals surface area contributed by atoms with Crippen molar-refractivity contribution in [3.8, 4) is 34.7 Å². The lowest BCUT2D eigenvalue weighted by molar-refractivity contribution is -0.129. The summed E-state index contributed by atoms with van der Waals surface area (Å²) in [6, 6.07) is 13.8. The van der Waals surface area contributed by atoms with Gasteiger partial charge in [0.1, 0.15) is 11.8 Å². The summed E-state index contributed by atoms with van der Waals surface area (Å²) in [5, 5.41) is 13.7. The second-order valence-corrected chi connectivity index (χ2v) is 9.28. The molecule has 3 aromatic rings. The molecule has 2 heterocycles. The maximum Gasteiger partial charge on any atom is 0.258 e. The Kier molecular flexibility index (Phi) is 7.47. The smallest absolute Gasteiger partial charge is 0.258 e. The number of ether oxygens (including phenoxy) is 1. The van der Waals surface area contributed by atoms with Crippen LogP contribution in [0.25, 0.3) is 22.8 Å². The van der Waals surface area contributed by atoms with Crippen LogP contribution in [0.15, 0.2) is 40.9 Å². The van der Waals surface area contributed by atoms with E-state index in [1.54, 1.807) is 31.1 Å². The van der Waals surface area contributed by atoms with Crippen molar-refractivity contribution in [1.29, 1.82) is 5.26 Å². The molecule has 1 amide bonds. The molecule has 35 heavy (non-hydrogen) atoms. The number of carbonyl (C=O) groups is 1. The normalized spacial score (nSPS) is 13.7. The zero-order chi connectivity index (χ0) is 24.9. The van der Waals surface area contributed by atoms with Crippen molar-refractivity contribution < 1.29 is 14.1 Å². The molecule has 4 rings (SSSR count). The summed E-state index contributed by atoms with van der Waals surface area (Å²) >= 11 is 0. The third-order valence-electron chi connectivity index (χ3n) is 6.14. The third kappa shape index (κ3) is 5.87. The minimum Gasteiger partial charge on any atom is -0.490 e. The van der Waals surface area contributed by atoms with Crippen LogP contribution in [0, 0.1) is 11.3 Å². The van der Waals surface area contributed by atoms with Gasteiger partial charge in [0.05, 0.1) is 11.7 Å². The molecule has 0 N–H and O–H groups in total.